The second kappa shape index (κ2) is 6.97. The van der Waals surface area contributed by atoms with E-state index in [0.29, 0.717) is 0 Å². The first kappa shape index (κ1) is 11.7. The fraction of sp³-hybridized carbons (Fsp3) is 0.500. The van der Waals surface area contributed by atoms with Crippen LogP contribution in [0.4, 0.5) is 0 Å². The summed E-state index contributed by atoms with van der Waals surface area (Å²) in [7, 11) is 0. The van der Waals surface area contributed by atoms with Gasteiger partial charge < -0.3 is 5.32 Å². The van der Waals surface area contributed by atoms with Crippen LogP contribution in [0.2, 0.25) is 0 Å². The Hall–Kier alpha value is -1.40. The summed E-state index contributed by atoms with van der Waals surface area (Å²) in [6, 6.07) is 0.275. The first-order valence-corrected chi connectivity index (χ1v) is 5.31. The standard InChI is InChI=1S/C12H17N3/c1-3-5-6-7-11(14-4-2)12-10-13-8-9-15-12/h1,8-11,14H,4-7H2,2H3. The van der Waals surface area contributed by atoms with Crippen LogP contribution in [0, 0.1) is 12.3 Å². The number of unbranched alkanes of at least 4 members (excludes halogenated alkanes) is 1. The minimum absolute atomic E-state index is 0.275. The topological polar surface area (TPSA) is 37.8 Å². The summed E-state index contributed by atoms with van der Waals surface area (Å²) in [5.41, 5.74) is 0.997. The van der Waals surface area contributed by atoms with Crippen molar-refractivity contribution in [3.63, 3.8) is 0 Å². The lowest BCUT2D eigenvalue weighted by Gasteiger charge is -2.15. The molecule has 1 atom stereocenters. The highest BCUT2D eigenvalue weighted by Crippen LogP contribution is 2.15. The van der Waals surface area contributed by atoms with Crippen molar-refractivity contribution < 1.29 is 0 Å². The van der Waals surface area contributed by atoms with E-state index in [1.165, 1.54) is 0 Å². The Bertz CT molecular complexity index is 302. The van der Waals surface area contributed by atoms with E-state index in [-0.39, 0.29) is 6.04 Å². The number of hydrogen-bond acceptors (Lipinski definition) is 3. The predicted octanol–water partition coefficient (Wildman–Crippen LogP) is 1.93. The third-order valence-corrected chi connectivity index (χ3v) is 2.20. The van der Waals surface area contributed by atoms with E-state index >= 15 is 0 Å². The van der Waals surface area contributed by atoms with Crippen LogP contribution >= 0.6 is 0 Å². The molecule has 0 bridgehead atoms. The molecule has 0 aliphatic carbocycles. The largest absolute Gasteiger partial charge is 0.309 e. The maximum Gasteiger partial charge on any atom is 0.0756 e. The maximum absolute atomic E-state index is 5.23. The smallest absolute Gasteiger partial charge is 0.0756 e. The fourth-order valence-electron chi connectivity index (χ4n) is 1.50. The van der Waals surface area contributed by atoms with E-state index in [2.05, 4.69) is 28.1 Å². The van der Waals surface area contributed by atoms with Gasteiger partial charge in [-0.25, -0.2) is 0 Å². The van der Waals surface area contributed by atoms with Gasteiger partial charge in [-0.05, 0) is 19.4 Å². The summed E-state index contributed by atoms with van der Waals surface area (Å²) in [5, 5.41) is 3.39. The van der Waals surface area contributed by atoms with Crippen molar-refractivity contribution >= 4 is 0 Å². The van der Waals surface area contributed by atoms with E-state index in [9.17, 15) is 0 Å². The first-order valence-electron chi connectivity index (χ1n) is 5.31. The summed E-state index contributed by atoms with van der Waals surface area (Å²) in [5.74, 6) is 2.65. The zero-order valence-corrected chi connectivity index (χ0v) is 9.11. The van der Waals surface area contributed by atoms with Crippen LogP contribution in [0.5, 0.6) is 0 Å². The SMILES string of the molecule is C#CCCCC(NCC)c1cnccn1. The highest BCUT2D eigenvalue weighted by Gasteiger charge is 2.10. The van der Waals surface area contributed by atoms with Crippen molar-refractivity contribution in [2.24, 2.45) is 0 Å². The van der Waals surface area contributed by atoms with Gasteiger partial charge in [0.25, 0.3) is 0 Å². The average Bonchev–Trinajstić information content (AvgIpc) is 2.29. The zero-order chi connectivity index (χ0) is 10.9. The van der Waals surface area contributed by atoms with E-state index in [1.54, 1.807) is 12.4 Å². The van der Waals surface area contributed by atoms with Gasteiger partial charge in [0.05, 0.1) is 11.7 Å². The summed E-state index contributed by atoms with van der Waals surface area (Å²) < 4.78 is 0. The van der Waals surface area contributed by atoms with Crippen molar-refractivity contribution in [2.75, 3.05) is 6.54 Å². The summed E-state index contributed by atoms with van der Waals surface area (Å²) >= 11 is 0. The molecule has 0 radical (unpaired) electrons. The Morgan fingerprint density at radius 3 is 3.00 bits per heavy atom. The molecule has 1 rings (SSSR count). The molecule has 0 fully saturated rings. The van der Waals surface area contributed by atoms with Crippen LogP contribution in [0.15, 0.2) is 18.6 Å². The summed E-state index contributed by atoms with van der Waals surface area (Å²) in [6.07, 6.45) is 13.3. The molecular weight excluding hydrogens is 186 g/mol. The molecule has 1 heterocycles. The van der Waals surface area contributed by atoms with Gasteiger partial charge in [0.2, 0.25) is 0 Å². The predicted molar refractivity (Wildman–Crippen MR) is 61.1 cm³/mol. The molecule has 0 saturated heterocycles. The van der Waals surface area contributed by atoms with E-state index in [1.807, 2.05) is 6.20 Å². The minimum Gasteiger partial charge on any atom is -0.309 e. The van der Waals surface area contributed by atoms with Crippen LogP contribution in [-0.2, 0) is 0 Å². The minimum atomic E-state index is 0.275. The number of hydrogen-bond donors (Lipinski definition) is 1. The highest BCUT2D eigenvalue weighted by atomic mass is 14.9. The molecule has 3 heteroatoms. The number of terminal acetylenes is 1. The van der Waals surface area contributed by atoms with E-state index in [4.69, 9.17) is 6.42 Å². The normalized spacial score (nSPS) is 12.0. The third-order valence-electron chi connectivity index (χ3n) is 2.20. The van der Waals surface area contributed by atoms with Crippen molar-refractivity contribution in [3.05, 3.63) is 24.3 Å². The van der Waals surface area contributed by atoms with Crippen molar-refractivity contribution in [2.45, 2.75) is 32.2 Å². The Labute approximate surface area is 91.3 Å². The molecule has 0 amide bonds. The monoisotopic (exact) mass is 203 g/mol. The molecular formula is C12H17N3. The highest BCUT2D eigenvalue weighted by molar-refractivity contribution is 5.02. The molecule has 0 aliphatic heterocycles. The van der Waals surface area contributed by atoms with Crippen LogP contribution < -0.4 is 5.32 Å². The second-order valence-electron chi connectivity index (χ2n) is 3.34. The molecule has 1 aromatic heterocycles. The van der Waals surface area contributed by atoms with Gasteiger partial charge in [0.1, 0.15) is 0 Å². The van der Waals surface area contributed by atoms with Crippen LogP contribution in [0.3, 0.4) is 0 Å². The molecule has 0 aliphatic rings. The average molecular weight is 203 g/mol. The molecule has 80 valence electrons. The Morgan fingerprint density at radius 2 is 2.40 bits per heavy atom. The number of nitrogens with zero attached hydrogens (tertiary/aromatic N) is 2. The van der Waals surface area contributed by atoms with Crippen LogP contribution in [0.25, 0.3) is 0 Å². The summed E-state index contributed by atoms with van der Waals surface area (Å²) in [4.78, 5) is 8.37. The molecule has 1 unspecified atom stereocenters. The first-order chi connectivity index (χ1) is 7.38. The number of rotatable bonds is 6. The molecule has 0 aromatic carbocycles. The maximum atomic E-state index is 5.23. The van der Waals surface area contributed by atoms with Crippen molar-refractivity contribution in [1.29, 1.82) is 0 Å². The lowest BCUT2D eigenvalue weighted by molar-refractivity contribution is 0.489. The molecule has 15 heavy (non-hydrogen) atoms. The third kappa shape index (κ3) is 4.09. The Morgan fingerprint density at radius 1 is 1.53 bits per heavy atom. The van der Waals surface area contributed by atoms with Crippen LogP contribution in [0.1, 0.15) is 37.9 Å². The second-order valence-corrected chi connectivity index (χ2v) is 3.34. The zero-order valence-electron chi connectivity index (χ0n) is 9.11. The van der Waals surface area contributed by atoms with Gasteiger partial charge in [0.15, 0.2) is 0 Å². The number of aromatic nitrogens is 2. The summed E-state index contributed by atoms with van der Waals surface area (Å²) in [6.45, 7) is 3.02. The van der Waals surface area contributed by atoms with Gasteiger partial charge in [-0.15, -0.1) is 12.3 Å². The van der Waals surface area contributed by atoms with E-state index < -0.39 is 0 Å². The van der Waals surface area contributed by atoms with Crippen molar-refractivity contribution in [1.82, 2.24) is 15.3 Å². The molecule has 3 nitrogen and oxygen atoms in total. The van der Waals surface area contributed by atoms with Gasteiger partial charge in [-0.2, -0.15) is 0 Å². The van der Waals surface area contributed by atoms with E-state index in [0.717, 1.165) is 31.5 Å². The van der Waals surface area contributed by atoms with Gasteiger partial charge >= 0.3 is 0 Å². The van der Waals surface area contributed by atoms with Gasteiger partial charge in [-0.1, -0.05) is 6.92 Å². The van der Waals surface area contributed by atoms with Gasteiger partial charge in [0, 0.05) is 25.0 Å². The molecule has 0 saturated carbocycles. The Balaban J connectivity index is 2.54. The van der Waals surface area contributed by atoms with Crippen LogP contribution in [-0.4, -0.2) is 16.5 Å². The van der Waals surface area contributed by atoms with Gasteiger partial charge in [-0.3, -0.25) is 9.97 Å². The fourth-order valence-corrected chi connectivity index (χ4v) is 1.50. The lowest BCUT2D eigenvalue weighted by atomic mass is 10.1. The lowest BCUT2D eigenvalue weighted by Crippen LogP contribution is -2.21. The molecule has 0 spiro atoms. The quantitative estimate of drug-likeness (QED) is 0.567. The Kier molecular flexibility index (Phi) is 5.42. The van der Waals surface area contributed by atoms with Crippen molar-refractivity contribution in [3.8, 4) is 12.3 Å². The molecule has 1 aromatic rings. The molecule has 1 N–H and O–H groups in total. The number of nitrogens with one attached hydrogen (secondary N) is 1.